The highest BCUT2D eigenvalue weighted by Gasteiger charge is 2.37. The first-order valence-electron chi connectivity index (χ1n) is 5.30. The second-order valence-electron chi connectivity index (χ2n) is 4.72. The third-order valence-electron chi connectivity index (χ3n) is 2.94. The Balaban J connectivity index is 2.75. The summed E-state index contributed by atoms with van der Waals surface area (Å²) in [4.78, 5) is 0. The van der Waals surface area contributed by atoms with Gasteiger partial charge in [0.1, 0.15) is 0 Å². The van der Waals surface area contributed by atoms with Gasteiger partial charge in [-0.3, -0.25) is 0 Å². The monoisotopic (exact) mass is 235 g/mol. The van der Waals surface area contributed by atoms with Crippen molar-refractivity contribution in [3.63, 3.8) is 0 Å². The van der Waals surface area contributed by atoms with Gasteiger partial charge >= 0.3 is 0 Å². The Morgan fingerprint density at radius 3 is 2.60 bits per heavy atom. The molecule has 3 N–H and O–H groups in total. The standard InChI is InChI=1S/C9H21N3O2S/c1-4-11-15(13,14)12-6-5-8(10)9(2,3)7-12/h8,11H,4-7,10H2,1-3H3. The molecular formula is C9H21N3O2S. The third-order valence-corrected chi connectivity index (χ3v) is 4.59. The van der Waals surface area contributed by atoms with Gasteiger partial charge in [0, 0.05) is 25.7 Å². The van der Waals surface area contributed by atoms with Crippen molar-refractivity contribution in [1.29, 1.82) is 0 Å². The van der Waals surface area contributed by atoms with Crippen LogP contribution in [0.15, 0.2) is 0 Å². The summed E-state index contributed by atoms with van der Waals surface area (Å²) in [6.07, 6.45) is 0.720. The summed E-state index contributed by atoms with van der Waals surface area (Å²) >= 11 is 0. The fraction of sp³-hybridized carbons (Fsp3) is 1.00. The predicted octanol–water partition coefficient (Wildman–Crippen LogP) is -0.100. The maximum absolute atomic E-state index is 11.8. The van der Waals surface area contributed by atoms with E-state index >= 15 is 0 Å². The van der Waals surface area contributed by atoms with Crippen LogP contribution in [0.5, 0.6) is 0 Å². The summed E-state index contributed by atoms with van der Waals surface area (Å²) in [5.74, 6) is 0. The summed E-state index contributed by atoms with van der Waals surface area (Å²) in [6, 6.07) is 0.0746. The zero-order chi connectivity index (χ0) is 11.7. The molecule has 1 saturated heterocycles. The maximum Gasteiger partial charge on any atom is 0.279 e. The number of hydrogen-bond acceptors (Lipinski definition) is 3. The van der Waals surface area contributed by atoms with Gasteiger partial charge in [0.05, 0.1) is 0 Å². The Labute approximate surface area is 92.2 Å². The maximum atomic E-state index is 11.8. The van der Waals surface area contributed by atoms with E-state index in [0.29, 0.717) is 19.6 Å². The summed E-state index contributed by atoms with van der Waals surface area (Å²) in [6.45, 7) is 7.21. The molecule has 0 aromatic rings. The smallest absolute Gasteiger partial charge is 0.279 e. The van der Waals surface area contributed by atoms with Gasteiger partial charge in [0.2, 0.25) is 0 Å². The van der Waals surface area contributed by atoms with Crippen LogP contribution >= 0.6 is 0 Å². The SMILES string of the molecule is CCNS(=O)(=O)N1CCC(N)C(C)(C)C1. The lowest BCUT2D eigenvalue weighted by Crippen LogP contribution is -2.56. The number of hydrogen-bond donors (Lipinski definition) is 2. The van der Waals surface area contributed by atoms with E-state index < -0.39 is 10.2 Å². The molecule has 1 rings (SSSR count). The molecule has 0 aromatic heterocycles. The van der Waals surface area contributed by atoms with E-state index in [1.54, 1.807) is 6.92 Å². The number of nitrogens with two attached hydrogens (primary N) is 1. The average molecular weight is 235 g/mol. The zero-order valence-electron chi connectivity index (χ0n) is 9.66. The largest absolute Gasteiger partial charge is 0.327 e. The average Bonchev–Trinajstić information content (AvgIpc) is 2.09. The van der Waals surface area contributed by atoms with Gasteiger partial charge in [-0.05, 0) is 11.8 Å². The van der Waals surface area contributed by atoms with E-state index in [2.05, 4.69) is 4.72 Å². The van der Waals surface area contributed by atoms with Crippen LogP contribution < -0.4 is 10.5 Å². The van der Waals surface area contributed by atoms with Crippen molar-refractivity contribution < 1.29 is 8.42 Å². The molecule has 0 saturated carbocycles. The van der Waals surface area contributed by atoms with Crippen LogP contribution in [0.3, 0.4) is 0 Å². The van der Waals surface area contributed by atoms with Gasteiger partial charge in [0.25, 0.3) is 10.2 Å². The molecule has 90 valence electrons. The van der Waals surface area contributed by atoms with Crippen molar-refractivity contribution in [2.75, 3.05) is 19.6 Å². The normalized spacial score (nSPS) is 27.9. The lowest BCUT2D eigenvalue weighted by molar-refractivity contribution is 0.154. The number of nitrogens with one attached hydrogen (secondary N) is 1. The van der Waals surface area contributed by atoms with Crippen LogP contribution in [-0.2, 0) is 10.2 Å². The van der Waals surface area contributed by atoms with E-state index in [-0.39, 0.29) is 11.5 Å². The van der Waals surface area contributed by atoms with Crippen molar-refractivity contribution in [1.82, 2.24) is 9.03 Å². The molecule has 0 bridgehead atoms. The van der Waals surface area contributed by atoms with Crippen LogP contribution in [0.2, 0.25) is 0 Å². The van der Waals surface area contributed by atoms with Gasteiger partial charge in [0.15, 0.2) is 0 Å². The molecule has 1 heterocycles. The van der Waals surface area contributed by atoms with Crippen molar-refractivity contribution >= 4 is 10.2 Å². The van der Waals surface area contributed by atoms with Crippen LogP contribution in [0.4, 0.5) is 0 Å². The van der Waals surface area contributed by atoms with Crippen LogP contribution in [-0.4, -0.2) is 38.4 Å². The van der Waals surface area contributed by atoms with Crippen LogP contribution in [0, 0.1) is 5.41 Å². The molecule has 0 radical (unpaired) electrons. The Morgan fingerprint density at radius 2 is 2.13 bits per heavy atom. The molecule has 15 heavy (non-hydrogen) atoms. The first-order valence-corrected chi connectivity index (χ1v) is 6.74. The highest BCUT2D eigenvalue weighted by molar-refractivity contribution is 7.87. The topological polar surface area (TPSA) is 75.4 Å². The van der Waals surface area contributed by atoms with E-state index in [9.17, 15) is 8.42 Å². The lowest BCUT2D eigenvalue weighted by atomic mass is 9.81. The van der Waals surface area contributed by atoms with Crippen LogP contribution in [0.25, 0.3) is 0 Å². The Bertz CT molecular complexity index is 313. The fourth-order valence-electron chi connectivity index (χ4n) is 1.80. The molecule has 0 amide bonds. The molecule has 1 aliphatic rings. The summed E-state index contributed by atoms with van der Waals surface area (Å²) in [5.41, 5.74) is 5.80. The molecule has 0 spiro atoms. The second kappa shape index (κ2) is 4.37. The molecule has 0 aliphatic carbocycles. The minimum Gasteiger partial charge on any atom is -0.327 e. The lowest BCUT2D eigenvalue weighted by Gasteiger charge is -2.41. The van der Waals surface area contributed by atoms with E-state index in [1.165, 1.54) is 4.31 Å². The summed E-state index contributed by atoms with van der Waals surface area (Å²) < 4.78 is 27.5. The molecule has 1 atom stereocenters. The fourth-order valence-corrected chi connectivity index (χ4v) is 3.20. The van der Waals surface area contributed by atoms with Gasteiger partial charge < -0.3 is 5.73 Å². The molecule has 1 unspecified atom stereocenters. The van der Waals surface area contributed by atoms with Crippen molar-refractivity contribution in [3.05, 3.63) is 0 Å². The van der Waals surface area contributed by atoms with Crippen LogP contribution in [0.1, 0.15) is 27.2 Å². The zero-order valence-corrected chi connectivity index (χ0v) is 10.5. The highest BCUT2D eigenvalue weighted by atomic mass is 32.2. The van der Waals surface area contributed by atoms with Gasteiger partial charge in [-0.15, -0.1) is 0 Å². The minimum absolute atomic E-state index is 0.0746. The van der Waals surface area contributed by atoms with Crippen molar-refractivity contribution in [2.45, 2.75) is 33.2 Å². The molecule has 1 aliphatic heterocycles. The quantitative estimate of drug-likeness (QED) is 0.717. The van der Waals surface area contributed by atoms with E-state index in [4.69, 9.17) is 5.73 Å². The first kappa shape index (κ1) is 12.9. The van der Waals surface area contributed by atoms with Gasteiger partial charge in [-0.1, -0.05) is 20.8 Å². The number of rotatable bonds is 3. The van der Waals surface area contributed by atoms with E-state index in [1.807, 2.05) is 13.8 Å². The summed E-state index contributed by atoms with van der Waals surface area (Å²) in [5, 5.41) is 0. The molecule has 1 fully saturated rings. The van der Waals surface area contributed by atoms with Crippen molar-refractivity contribution in [3.8, 4) is 0 Å². The van der Waals surface area contributed by atoms with E-state index in [0.717, 1.165) is 6.42 Å². The highest BCUT2D eigenvalue weighted by Crippen LogP contribution is 2.28. The Hall–Kier alpha value is -0.170. The second-order valence-corrected chi connectivity index (χ2v) is 6.48. The van der Waals surface area contributed by atoms with Crippen molar-refractivity contribution in [2.24, 2.45) is 11.1 Å². The molecule has 0 aromatic carbocycles. The third kappa shape index (κ3) is 2.90. The van der Waals surface area contributed by atoms with Gasteiger partial charge in [-0.2, -0.15) is 12.7 Å². The molecular weight excluding hydrogens is 214 g/mol. The first-order chi connectivity index (χ1) is 6.79. The van der Waals surface area contributed by atoms with Gasteiger partial charge in [-0.25, -0.2) is 4.72 Å². The Kier molecular flexibility index (Phi) is 3.76. The Morgan fingerprint density at radius 1 is 1.53 bits per heavy atom. The molecule has 6 heteroatoms. The minimum atomic E-state index is -3.30. The number of nitrogens with zero attached hydrogens (tertiary/aromatic N) is 1. The predicted molar refractivity (Wildman–Crippen MR) is 60.5 cm³/mol. The number of piperidine rings is 1. The summed E-state index contributed by atoms with van der Waals surface area (Å²) in [7, 11) is -3.30. The molecule has 5 nitrogen and oxygen atoms in total.